The molecule has 1 aliphatic rings. The van der Waals surface area contributed by atoms with Crippen molar-refractivity contribution in [2.45, 2.75) is 52.2 Å². The van der Waals surface area contributed by atoms with Crippen molar-refractivity contribution in [1.82, 2.24) is 4.90 Å². The molecule has 1 aliphatic heterocycles. The molecule has 22 heavy (non-hydrogen) atoms. The first-order chi connectivity index (χ1) is 10.1. The maximum absolute atomic E-state index is 12.3. The molecule has 0 aromatic heterocycles. The second-order valence-corrected chi connectivity index (χ2v) is 6.60. The molecule has 1 atom stereocenters. The molecule has 6 heteroatoms. The molecule has 0 N–H and O–H groups in total. The van der Waals surface area contributed by atoms with E-state index < -0.39 is 23.3 Å². The van der Waals surface area contributed by atoms with Gasteiger partial charge in [0.1, 0.15) is 5.60 Å². The van der Waals surface area contributed by atoms with E-state index in [2.05, 4.69) is 6.58 Å². The van der Waals surface area contributed by atoms with Crippen molar-refractivity contribution in [2.75, 3.05) is 26.3 Å². The van der Waals surface area contributed by atoms with Crippen LogP contribution in [-0.2, 0) is 19.0 Å². The molecule has 0 spiro atoms. The van der Waals surface area contributed by atoms with Crippen molar-refractivity contribution in [3.8, 4) is 0 Å². The Hall–Kier alpha value is -1.56. The van der Waals surface area contributed by atoms with E-state index in [0.717, 1.165) is 5.57 Å². The number of rotatable bonds is 4. The second kappa shape index (κ2) is 7.13. The summed E-state index contributed by atoms with van der Waals surface area (Å²) in [6.07, 6.45) is -0.142. The zero-order valence-corrected chi connectivity index (χ0v) is 14.2. The number of hydrogen-bond acceptors (Lipinski definition) is 5. The highest BCUT2D eigenvalue weighted by Gasteiger charge is 2.47. The van der Waals surface area contributed by atoms with Crippen LogP contribution in [0, 0.1) is 0 Å². The van der Waals surface area contributed by atoms with E-state index in [0.29, 0.717) is 13.0 Å². The van der Waals surface area contributed by atoms with Crippen molar-refractivity contribution in [1.29, 1.82) is 0 Å². The van der Waals surface area contributed by atoms with Crippen LogP contribution in [0.2, 0.25) is 0 Å². The van der Waals surface area contributed by atoms with E-state index in [1.807, 2.05) is 6.92 Å². The van der Waals surface area contributed by atoms with Crippen molar-refractivity contribution in [3.63, 3.8) is 0 Å². The van der Waals surface area contributed by atoms with E-state index in [9.17, 15) is 9.59 Å². The normalized spacial score (nSPS) is 22.1. The Kier molecular flexibility index (Phi) is 6.00. The number of carbonyl (C=O) groups is 2. The van der Waals surface area contributed by atoms with Crippen LogP contribution in [0.4, 0.5) is 4.79 Å². The Bertz CT molecular complexity index is 440. The largest absolute Gasteiger partial charge is 0.464 e. The molecule has 0 saturated carbocycles. The van der Waals surface area contributed by atoms with Gasteiger partial charge in [-0.25, -0.2) is 9.59 Å². The molecule has 0 radical (unpaired) electrons. The first kappa shape index (κ1) is 18.5. The Morgan fingerprint density at radius 3 is 2.50 bits per heavy atom. The minimum atomic E-state index is -1.20. The SMILES string of the molecule is C=C(C)CC1(C(=O)OCC)CN(C(=O)OC(C)(C)C)CCO1. The van der Waals surface area contributed by atoms with Crippen molar-refractivity contribution < 1.29 is 23.8 Å². The summed E-state index contributed by atoms with van der Waals surface area (Å²) in [6.45, 7) is 13.8. The maximum atomic E-state index is 12.3. The van der Waals surface area contributed by atoms with Crippen molar-refractivity contribution in [3.05, 3.63) is 12.2 Å². The summed E-state index contributed by atoms with van der Waals surface area (Å²) in [7, 11) is 0. The lowest BCUT2D eigenvalue weighted by molar-refractivity contribution is -0.182. The monoisotopic (exact) mass is 313 g/mol. The van der Waals surface area contributed by atoms with Crippen LogP contribution in [-0.4, -0.2) is 54.5 Å². The molecule has 0 aliphatic carbocycles. The minimum Gasteiger partial charge on any atom is -0.464 e. The predicted molar refractivity (Wildman–Crippen MR) is 82.6 cm³/mol. The van der Waals surface area contributed by atoms with E-state index in [4.69, 9.17) is 14.2 Å². The number of ether oxygens (including phenoxy) is 3. The van der Waals surface area contributed by atoms with E-state index in [1.54, 1.807) is 27.7 Å². The van der Waals surface area contributed by atoms with Crippen LogP contribution < -0.4 is 0 Å². The van der Waals surface area contributed by atoms with Gasteiger partial charge in [-0.05, 0) is 34.6 Å². The van der Waals surface area contributed by atoms with Gasteiger partial charge in [0, 0.05) is 13.0 Å². The number of nitrogens with zero attached hydrogens (tertiary/aromatic N) is 1. The van der Waals surface area contributed by atoms with Crippen LogP contribution in [0.15, 0.2) is 12.2 Å². The number of amides is 1. The topological polar surface area (TPSA) is 65.1 Å². The third kappa shape index (κ3) is 5.02. The first-order valence-electron chi connectivity index (χ1n) is 7.53. The molecule has 1 rings (SSSR count). The molecule has 0 aromatic carbocycles. The molecule has 6 nitrogen and oxygen atoms in total. The van der Waals surface area contributed by atoms with Gasteiger partial charge in [0.25, 0.3) is 0 Å². The molecule has 1 heterocycles. The van der Waals surface area contributed by atoms with Crippen LogP contribution >= 0.6 is 0 Å². The second-order valence-electron chi connectivity index (χ2n) is 6.60. The van der Waals surface area contributed by atoms with E-state index in [1.165, 1.54) is 4.90 Å². The Morgan fingerprint density at radius 1 is 1.36 bits per heavy atom. The molecule has 126 valence electrons. The molecule has 1 fully saturated rings. The van der Waals surface area contributed by atoms with Gasteiger partial charge in [-0.3, -0.25) is 0 Å². The summed E-state index contributed by atoms with van der Waals surface area (Å²) in [5, 5.41) is 0. The maximum Gasteiger partial charge on any atom is 0.410 e. The minimum absolute atomic E-state index is 0.105. The lowest BCUT2D eigenvalue weighted by atomic mass is 9.93. The lowest BCUT2D eigenvalue weighted by Gasteiger charge is -2.41. The molecular weight excluding hydrogens is 286 g/mol. The summed E-state index contributed by atoms with van der Waals surface area (Å²) in [5.74, 6) is -0.466. The van der Waals surface area contributed by atoms with Gasteiger partial charge in [0.05, 0.1) is 19.8 Å². The summed E-state index contributed by atoms with van der Waals surface area (Å²) in [6, 6.07) is 0. The number of carbonyl (C=O) groups excluding carboxylic acids is 2. The average molecular weight is 313 g/mol. The third-order valence-electron chi connectivity index (χ3n) is 3.07. The Labute approximate surface area is 132 Å². The van der Waals surface area contributed by atoms with Gasteiger partial charge in [0.15, 0.2) is 5.60 Å². The van der Waals surface area contributed by atoms with Crippen LogP contribution in [0.1, 0.15) is 41.0 Å². The van der Waals surface area contributed by atoms with Crippen molar-refractivity contribution >= 4 is 12.1 Å². The highest BCUT2D eigenvalue weighted by atomic mass is 16.6. The smallest absolute Gasteiger partial charge is 0.410 e. The number of morpholine rings is 1. The summed E-state index contributed by atoms with van der Waals surface area (Å²) >= 11 is 0. The van der Waals surface area contributed by atoms with Gasteiger partial charge in [-0.2, -0.15) is 0 Å². The molecule has 0 bridgehead atoms. The summed E-state index contributed by atoms with van der Waals surface area (Å²) < 4.78 is 16.2. The zero-order valence-electron chi connectivity index (χ0n) is 14.2. The highest BCUT2D eigenvalue weighted by molar-refractivity contribution is 5.81. The van der Waals surface area contributed by atoms with Gasteiger partial charge in [-0.1, -0.05) is 5.57 Å². The molecule has 1 saturated heterocycles. The van der Waals surface area contributed by atoms with E-state index >= 15 is 0 Å². The van der Waals surface area contributed by atoms with Crippen LogP contribution in [0.3, 0.4) is 0 Å². The fourth-order valence-corrected chi connectivity index (χ4v) is 2.32. The van der Waals surface area contributed by atoms with Crippen LogP contribution in [0.25, 0.3) is 0 Å². The molecular formula is C16H27NO5. The number of esters is 1. The van der Waals surface area contributed by atoms with E-state index in [-0.39, 0.29) is 19.8 Å². The number of hydrogen-bond donors (Lipinski definition) is 0. The fraction of sp³-hybridized carbons (Fsp3) is 0.750. The molecule has 1 amide bonds. The molecule has 0 aromatic rings. The third-order valence-corrected chi connectivity index (χ3v) is 3.07. The lowest BCUT2D eigenvalue weighted by Crippen LogP contribution is -2.59. The average Bonchev–Trinajstić information content (AvgIpc) is 2.36. The summed E-state index contributed by atoms with van der Waals surface area (Å²) in [4.78, 5) is 26.1. The van der Waals surface area contributed by atoms with Crippen molar-refractivity contribution in [2.24, 2.45) is 0 Å². The van der Waals surface area contributed by atoms with Gasteiger partial charge in [0.2, 0.25) is 0 Å². The van der Waals surface area contributed by atoms with Gasteiger partial charge >= 0.3 is 12.1 Å². The quantitative estimate of drug-likeness (QED) is 0.589. The van der Waals surface area contributed by atoms with Gasteiger partial charge < -0.3 is 19.1 Å². The standard InChI is InChI=1S/C16H27NO5/c1-7-20-13(18)16(10-12(2)3)11-17(8-9-21-16)14(19)22-15(4,5)6/h2,7-11H2,1,3-6H3. The zero-order chi connectivity index (χ0) is 17.0. The fourth-order valence-electron chi connectivity index (χ4n) is 2.32. The van der Waals surface area contributed by atoms with Gasteiger partial charge in [-0.15, -0.1) is 6.58 Å². The predicted octanol–water partition coefficient (Wildman–Crippen LogP) is 2.52. The summed E-state index contributed by atoms with van der Waals surface area (Å²) in [5.41, 5.74) is -0.994. The first-order valence-corrected chi connectivity index (χ1v) is 7.53. The highest BCUT2D eigenvalue weighted by Crippen LogP contribution is 2.28. The Balaban J connectivity index is 2.92. The molecule has 1 unspecified atom stereocenters. The van der Waals surface area contributed by atoms with Crippen LogP contribution in [0.5, 0.6) is 0 Å². The Morgan fingerprint density at radius 2 is 2.00 bits per heavy atom.